The van der Waals surface area contributed by atoms with Crippen LogP contribution >= 0.6 is 11.6 Å². The molecule has 1 atom stereocenters. The van der Waals surface area contributed by atoms with Crippen LogP contribution in [0.25, 0.3) is 0 Å². The maximum atomic E-state index is 10.9. The molecule has 0 spiro atoms. The number of para-hydroxylation sites is 1. The Hall–Kier alpha value is -1.37. The highest BCUT2D eigenvalue weighted by Gasteiger charge is 2.25. The second-order valence-electron chi connectivity index (χ2n) is 4.81. The molecule has 1 unspecified atom stereocenters. The number of aliphatic hydroxyl groups is 1. The minimum atomic E-state index is -1.14. The highest BCUT2D eigenvalue weighted by Crippen LogP contribution is 2.34. The molecule has 0 saturated carbocycles. The molecule has 112 valence electrons. The molecule has 0 saturated heterocycles. The van der Waals surface area contributed by atoms with E-state index in [0.29, 0.717) is 6.54 Å². The topological polar surface area (TPSA) is 84.6 Å². The van der Waals surface area contributed by atoms with Gasteiger partial charge in [-0.3, -0.25) is 10.1 Å². The van der Waals surface area contributed by atoms with Crippen molar-refractivity contribution in [3.63, 3.8) is 0 Å². The lowest BCUT2D eigenvalue weighted by Crippen LogP contribution is -2.43. The molecule has 0 aliphatic rings. The zero-order chi connectivity index (χ0) is 15.2. The van der Waals surface area contributed by atoms with Gasteiger partial charge in [-0.2, -0.15) is 0 Å². The number of hydrogen-bond acceptors (Lipinski definition) is 5. The van der Waals surface area contributed by atoms with Gasteiger partial charge in [0.1, 0.15) is 12.2 Å². The van der Waals surface area contributed by atoms with Crippen LogP contribution in [0.1, 0.15) is 20.3 Å². The minimum Gasteiger partial charge on any atom is -0.483 e. The first-order valence-corrected chi connectivity index (χ1v) is 6.74. The highest BCUT2D eigenvalue weighted by molar-refractivity contribution is 6.32. The van der Waals surface area contributed by atoms with Crippen molar-refractivity contribution in [1.29, 1.82) is 0 Å². The summed E-state index contributed by atoms with van der Waals surface area (Å²) < 4.78 is 5.36. The monoisotopic (exact) mass is 302 g/mol. The normalized spacial score (nSPS) is 13.8. The molecule has 7 heteroatoms. The van der Waals surface area contributed by atoms with Crippen LogP contribution in [0.4, 0.5) is 5.69 Å². The predicted molar refractivity (Wildman–Crippen MR) is 77.4 cm³/mol. The van der Waals surface area contributed by atoms with Crippen molar-refractivity contribution in [2.75, 3.05) is 19.7 Å². The number of nitrogens with one attached hydrogen (secondary N) is 1. The molecule has 20 heavy (non-hydrogen) atoms. The maximum absolute atomic E-state index is 10.9. The third-order valence-corrected chi connectivity index (χ3v) is 2.90. The van der Waals surface area contributed by atoms with Gasteiger partial charge in [0.25, 0.3) is 0 Å². The van der Waals surface area contributed by atoms with Crippen molar-refractivity contribution in [2.24, 2.45) is 0 Å². The lowest BCUT2D eigenvalue weighted by atomic mass is 10.1. The third kappa shape index (κ3) is 4.96. The number of nitro groups is 1. The van der Waals surface area contributed by atoms with E-state index in [1.165, 1.54) is 18.2 Å². The van der Waals surface area contributed by atoms with E-state index >= 15 is 0 Å². The summed E-state index contributed by atoms with van der Waals surface area (Å²) in [6.07, 6.45) is 0.951. The Morgan fingerprint density at radius 2 is 2.25 bits per heavy atom. The molecule has 0 amide bonds. The summed E-state index contributed by atoms with van der Waals surface area (Å²) in [5, 5.41) is 24.2. The number of halogens is 1. The molecule has 0 aliphatic heterocycles. The Labute approximate surface area is 122 Å². The number of hydrogen-bond donors (Lipinski definition) is 2. The van der Waals surface area contributed by atoms with Crippen molar-refractivity contribution in [2.45, 2.75) is 25.9 Å². The molecular formula is C13H19ClN2O4. The molecule has 1 rings (SSSR count). The summed E-state index contributed by atoms with van der Waals surface area (Å²) in [7, 11) is 0. The van der Waals surface area contributed by atoms with Gasteiger partial charge < -0.3 is 15.2 Å². The average Bonchev–Trinajstić information content (AvgIpc) is 2.37. The summed E-state index contributed by atoms with van der Waals surface area (Å²) in [5.74, 6) is -0.0186. The molecule has 0 radical (unpaired) electrons. The van der Waals surface area contributed by atoms with Crippen molar-refractivity contribution in [3.8, 4) is 5.75 Å². The third-order valence-electron chi connectivity index (χ3n) is 2.60. The van der Waals surface area contributed by atoms with Gasteiger partial charge in [0.15, 0.2) is 0 Å². The van der Waals surface area contributed by atoms with E-state index in [1.54, 1.807) is 6.92 Å². The SMILES string of the molecule is CCCNCC(C)(O)COc1c(Cl)cccc1[N+](=O)[O-]. The molecule has 1 aromatic carbocycles. The van der Waals surface area contributed by atoms with Crippen LogP contribution in [0, 0.1) is 10.1 Å². The van der Waals surface area contributed by atoms with E-state index in [-0.39, 0.29) is 23.1 Å². The Morgan fingerprint density at radius 1 is 1.55 bits per heavy atom. The van der Waals surface area contributed by atoms with Crippen LogP contribution in [0.15, 0.2) is 18.2 Å². The second kappa shape index (κ2) is 7.42. The summed E-state index contributed by atoms with van der Waals surface area (Å²) in [6.45, 7) is 4.64. The average molecular weight is 303 g/mol. The first-order valence-electron chi connectivity index (χ1n) is 6.36. The number of ether oxygens (including phenoxy) is 1. The number of nitrogens with zero attached hydrogens (tertiary/aromatic N) is 1. The Morgan fingerprint density at radius 3 is 2.85 bits per heavy atom. The predicted octanol–water partition coefficient (Wildman–Crippen LogP) is 2.38. The fourth-order valence-electron chi connectivity index (χ4n) is 1.60. The zero-order valence-corrected chi connectivity index (χ0v) is 12.3. The largest absolute Gasteiger partial charge is 0.483 e. The number of nitro benzene ring substituents is 1. The van der Waals surface area contributed by atoms with Gasteiger partial charge in [-0.15, -0.1) is 0 Å². The van der Waals surface area contributed by atoms with Gasteiger partial charge in [0.05, 0.1) is 9.95 Å². The van der Waals surface area contributed by atoms with Crippen LogP contribution in [0.5, 0.6) is 5.75 Å². The van der Waals surface area contributed by atoms with Crippen molar-refractivity contribution >= 4 is 17.3 Å². The van der Waals surface area contributed by atoms with Gasteiger partial charge >= 0.3 is 5.69 Å². The van der Waals surface area contributed by atoms with Gasteiger partial charge in [-0.05, 0) is 26.0 Å². The molecule has 0 bridgehead atoms. The van der Waals surface area contributed by atoms with Crippen LogP contribution in [0.2, 0.25) is 5.02 Å². The number of rotatable bonds is 8. The van der Waals surface area contributed by atoms with E-state index in [1.807, 2.05) is 6.92 Å². The minimum absolute atomic E-state index is 0.0186. The van der Waals surface area contributed by atoms with Crippen LogP contribution in [-0.2, 0) is 0 Å². The van der Waals surface area contributed by atoms with E-state index < -0.39 is 10.5 Å². The molecule has 6 nitrogen and oxygen atoms in total. The van der Waals surface area contributed by atoms with Crippen molar-refractivity contribution < 1.29 is 14.8 Å². The Kier molecular flexibility index (Phi) is 6.19. The first-order chi connectivity index (χ1) is 9.37. The molecular weight excluding hydrogens is 284 g/mol. The van der Waals surface area contributed by atoms with Gasteiger partial charge in [-0.25, -0.2) is 0 Å². The van der Waals surface area contributed by atoms with Crippen LogP contribution in [0.3, 0.4) is 0 Å². The Bertz CT molecular complexity index is 466. The van der Waals surface area contributed by atoms with E-state index in [2.05, 4.69) is 5.32 Å². The fraction of sp³-hybridized carbons (Fsp3) is 0.538. The zero-order valence-electron chi connectivity index (χ0n) is 11.6. The second-order valence-corrected chi connectivity index (χ2v) is 5.21. The fourth-order valence-corrected chi connectivity index (χ4v) is 1.82. The molecule has 1 aromatic rings. The molecule has 0 aromatic heterocycles. The van der Waals surface area contributed by atoms with Gasteiger partial charge in [0, 0.05) is 12.6 Å². The molecule has 2 N–H and O–H groups in total. The standard InChI is InChI=1S/C13H19ClN2O4/c1-3-7-15-8-13(2,17)9-20-12-10(14)5-4-6-11(12)16(18)19/h4-6,15,17H,3,7-9H2,1-2H3. The quantitative estimate of drug-likeness (QED) is 0.437. The first kappa shape index (κ1) is 16.7. The summed E-state index contributed by atoms with van der Waals surface area (Å²) >= 11 is 5.90. The van der Waals surface area contributed by atoms with Crippen molar-refractivity contribution in [1.82, 2.24) is 5.32 Å². The summed E-state index contributed by atoms with van der Waals surface area (Å²) in [5.41, 5.74) is -1.35. The van der Waals surface area contributed by atoms with Crippen LogP contribution < -0.4 is 10.1 Å². The summed E-state index contributed by atoms with van der Waals surface area (Å²) in [6, 6.07) is 4.30. The lowest BCUT2D eigenvalue weighted by Gasteiger charge is -2.24. The van der Waals surface area contributed by atoms with Gasteiger partial charge in [0.2, 0.25) is 5.75 Å². The molecule has 0 aliphatic carbocycles. The lowest BCUT2D eigenvalue weighted by molar-refractivity contribution is -0.386. The highest BCUT2D eigenvalue weighted by atomic mass is 35.5. The number of benzene rings is 1. The van der Waals surface area contributed by atoms with Crippen LogP contribution in [-0.4, -0.2) is 35.3 Å². The molecule has 0 heterocycles. The van der Waals surface area contributed by atoms with E-state index in [0.717, 1.165) is 13.0 Å². The van der Waals surface area contributed by atoms with E-state index in [4.69, 9.17) is 16.3 Å². The van der Waals surface area contributed by atoms with E-state index in [9.17, 15) is 15.2 Å². The maximum Gasteiger partial charge on any atom is 0.312 e. The smallest absolute Gasteiger partial charge is 0.312 e. The van der Waals surface area contributed by atoms with Crippen molar-refractivity contribution in [3.05, 3.63) is 33.3 Å². The Balaban J connectivity index is 2.72. The molecule has 0 fully saturated rings. The van der Waals surface area contributed by atoms with Gasteiger partial charge in [-0.1, -0.05) is 24.6 Å². The summed E-state index contributed by atoms with van der Waals surface area (Å²) in [4.78, 5) is 10.3.